The van der Waals surface area contributed by atoms with Crippen molar-refractivity contribution in [2.24, 2.45) is 10.7 Å². The van der Waals surface area contributed by atoms with E-state index in [9.17, 15) is 22.4 Å². The molecule has 156 valence electrons. The molecule has 0 saturated carbocycles. The highest BCUT2D eigenvalue weighted by molar-refractivity contribution is 6.30. The molecule has 0 atom stereocenters. The zero-order valence-electron chi connectivity index (χ0n) is 14.8. The maximum absolute atomic E-state index is 13.8. The van der Waals surface area contributed by atoms with Gasteiger partial charge < -0.3 is 15.8 Å². The molecule has 4 N–H and O–H groups in total. The first-order valence-electron chi connectivity index (χ1n) is 8.12. The number of nitrogens with zero attached hydrogens (tertiary/aromatic N) is 2. The molecule has 7 nitrogen and oxygen atoms in total. The molecule has 0 unspecified atom stereocenters. The molecular weight excluding hydrogens is 430 g/mol. The van der Waals surface area contributed by atoms with Crippen molar-refractivity contribution >= 4 is 41.0 Å². The van der Waals surface area contributed by atoms with Crippen LogP contribution in [0.2, 0.25) is 5.02 Å². The Labute approximate surface area is 171 Å². The van der Waals surface area contributed by atoms with Gasteiger partial charge in [0, 0.05) is 16.9 Å². The molecular formula is C18H12ClF4N5O2. The summed E-state index contributed by atoms with van der Waals surface area (Å²) in [6.07, 6.45) is -3.92. The standard InChI is InChI=1S/C18H12ClF4N5O2/c19-10-2-1-3-11(7-10)26-17-14(15(24)29)16(27-28-17)25-8-9-4-5-13(12(20)6-9)30-18(21,22)23/h1-8H,(H2,24,29)(H2,26,27,28). The third-order valence-electron chi connectivity index (χ3n) is 3.61. The molecule has 0 bridgehead atoms. The quantitative estimate of drug-likeness (QED) is 0.381. The van der Waals surface area contributed by atoms with Gasteiger partial charge in [-0.05, 0) is 42.0 Å². The first-order chi connectivity index (χ1) is 14.1. The zero-order chi connectivity index (χ0) is 21.9. The average molecular weight is 442 g/mol. The van der Waals surface area contributed by atoms with Crippen LogP contribution in [-0.2, 0) is 0 Å². The van der Waals surface area contributed by atoms with Crippen LogP contribution in [0.1, 0.15) is 15.9 Å². The SMILES string of the molecule is NC(=O)c1c(N=Cc2ccc(OC(F)(F)F)c(F)c2)n[nH]c1Nc1cccc(Cl)c1. The van der Waals surface area contributed by atoms with E-state index in [1.54, 1.807) is 24.3 Å². The van der Waals surface area contributed by atoms with Crippen molar-refractivity contribution in [3.05, 3.63) is 64.4 Å². The summed E-state index contributed by atoms with van der Waals surface area (Å²) in [6, 6.07) is 9.37. The van der Waals surface area contributed by atoms with E-state index in [1.807, 2.05) is 0 Å². The molecule has 0 fully saturated rings. The topological polar surface area (TPSA) is 105 Å². The van der Waals surface area contributed by atoms with E-state index < -0.39 is 23.8 Å². The summed E-state index contributed by atoms with van der Waals surface area (Å²) in [5.41, 5.74) is 5.96. The summed E-state index contributed by atoms with van der Waals surface area (Å²) in [4.78, 5) is 15.8. The minimum atomic E-state index is -5.02. The predicted octanol–water partition coefficient (Wildman–Crippen LogP) is 4.69. The maximum Gasteiger partial charge on any atom is 0.573 e. The molecule has 3 rings (SSSR count). The number of aromatic nitrogens is 2. The number of hydrogen-bond donors (Lipinski definition) is 3. The van der Waals surface area contributed by atoms with Crippen LogP contribution in [0.3, 0.4) is 0 Å². The third kappa shape index (κ3) is 5.26. The van der Waals surface area contributed by atoms with Gasteiger partial charge in [0.05, 0.1) is 0 Å². The molecule has 0 aliphatic rings. The highest BCUT2D eigenvalue weighted by Crippen LogP contribution is 2.28. The average Bonchev–Trinajstić information content (AvgIpc) is 3.04. The third-order valence-corrected chi connectivity index (χ3v) is 3.84. The fourth-order valence-corrected chi connectivity index (χ4v) is 2.59. The summed E-state index contributed by atoms with van der Waals surface area (Å²) in [7, 11) is 0. The van der Waals surface area contributed by atoms with Crippen molar-refractivity contribution in [3.8, 4) is 5.75 Å². The second-order valence-corrected chi connectivity index (χ2v) is 6.23. The van der Waals surface area contributed by atoms with Crippen LogP contribution in [0.15, 0.2) is 47.5 Å². The molecule has 0 aliphatic heterocycles. The molecule has 0 radical (unpaired) electrons. The Balaban J connectivity index is 1.84. The number of halogens is 5. The van der Waals surface area contributed by atoms with Gasteiger partial charge in [0.1, 0.15) is 11.4 Å². The predicted molar refractivity (Wildman–Crippen MR) is 102 cm³/mol. The van der Waals surface area contributed by atoms with Crippen LogP contribution in [0.5, 0.6) is 5.75 Å². The number of nitrogens with two attached hydrogens (primary N) is 1. The van der Waals surface area contributed by atoms with Gasteiger partial charge in [-0.3, -0.25) is 9.89 Å². The van der Waals surface area contributed by atoms with Crippen LogP contribution in [0, 0.1) is 5.82 Å². The Kier molecular flexibility index (Phi) is 5.92. The second kappa shape index (κ2) is 8.41. The Morgan fingerprint density at radius 2 is 2.03 bits per heavy atom. The van der Waals surface area contributed by atoms with Crippen molar-refractivity contribution in [1.82, 2.24) is 10.2 Å². The van der Waals surface area contributed by atoms with E-state index in [0.29, 0.717) is 10.7 Å². The van der Waals surface area contributed by atoms with E-state index in [1.165, 1.54) is 0 Å². The molecule has 3 aromatic rings. The smallest absolute Gasteiger partial charge is 0.403 e. The van der Waals surface area contributed by atoms with Crippen LogP contribution in [0.4, 0.5) is 34.9 Å². The number of amides is 1. The number of ether oxygens (including phenoxy) is 1. The van der Waals surface area contributed by atoms with Crippen molar-refractivity contribution in [3.63, 3.8) is 0 Å². The first kappa shape index (κ1) is 21.1. The summed E-state index contributed by atoms with van der Waals surface area (Å²) in [5, 5.41) is 9.79. The van der Waals surface area contributed by atoms with E-state index in [4.69, 9.17) is 17.3 Å². The molecule has 30 heavy (non-hydrogen) atoms. The van der Waals surface area contributed by atoms with Crippen LogP contribution in [-0.4, -0.2) is 28.7 Å². The molecule has 12 heteroatoms. The molecule has 1 amide bonds. The lowest BCUT2D eigenvalue weighted by atomic mass is 10.2. The minimum Gasteiger partial charge on any atom is -0.403 e. The molecule has 1 aromatic heterocycles. The van der Waals surface area contributed by atoms with Crippen LogP contribution < -0.4 is 15.8 Å². The number of carbonyl (C=O) groups is 1. The number of alkyl halides is 3. The highest BCUT2D eigenvalue weighted by atomic mass is 35.5. The Morgan fingerprint density at radius 3 is 2.67 bits per heavy atom. The van der Waals surface area contributed by atoms with E-state index in [-0.39, 0.29) is 22.8 Å². The minimum absolute atomic E-state index is 0.0799. The van der Waals surface area contributed by atoms with Gasteiger partial charge in [-0.2, -0.15) is 5.10 Å². The lowest BCUT2D eigenvalue weighted by Gasteiger charge is -2.09. The molecule has 0 aliphatic carbocycles. The maximum atomic E-state index is 13.8. The number of primary amides is 1. The van der Waals surface area contributed by atoms with Gasteiger partial charge >= 0.3 is 6.36 Å². The van der Waals surface area contributed by atoms with Crippen molar-refractivity contribution in [2.45, 2.75) is 6.36 Å². The van der Waals surface area contributed by atoms with Gasteiger partial charge in [0.2, 0.25) is 0 Å². The molecule has 1 heterocycles. The summed E-state index contributed by atoms with van der Waals surface area (Å²) in [6.45, 7) is 0. The fourth-order valence-electron chi connectivity index (χ4n) is 2.40. The lowest BCUT2D eigenvalue weighted by Crippen LogP contribution is -2.18. The number of carbonyl (C=O) groups excluding carboxylic acids is 1. The number of benzene rings is 2. The van der Waals surface area contributed by atoms with E-state index in [0.717, 1.165) is 24.4 Å². The first-order valence-corrected chi connectivity index (χ1v) is 8.50. The monoisotopic (exact) mass is 441 g/mol. The normalized spacial score (nSPS) is 11.6. The number of H-pyrrole nitrogens is 1. The highest BCUT2D eigenvalue weighted by Gasteiger charge is 2.32. The Bertz CT molecular complexity index is 1110. The van der Waals surface area contributed by atoms with Gasteiger partial charge in [0.15, 0.2) is 17.4 Å². The van der Waals surface area contributed by atoms with Gasteiger partial charge in [-0.1, -0.05) is 17.7 Å². The van der Waals surface area contributed by atoms with Crippen molar-refractivity contribution < 1.29 is 27.1 Å². The van der Waals surface area contributed by atoms with Gasteiger partial charge in [-0.25, -0.2) is 9.38 Å². The Morgan fingerprint density at radius 1 is 1.27 bits per heavy atom. The van der Waals surface area contributed by atoms with Crippen LogP contribution in [0.25, 0.3) is 0 Å². The Hall–Kier alpha value is -3.60. The largest absolute Gasteiger partial charge is 0.573 e. The molecule has 2 aromatic carbocycles. The second-order valence-electron chi connectivity index (χ2n) is 5.79. The molecule has 0 spiro atoms. The van der Waals surface area contributed by atoms with E-state index >= 15 is 0 Å². The number of rotatable bonds is 6. The summed E-state index contributed by atoms with van der Waals surface area (Å²) in [5.74, 6) is -3.03. The lowest BCUT2D eigenvalue weighted by molar-refractivity contribution is -0.275. The van der Waals surface area contributed by atoms with E-state index in [2.05, 4.69) is 25.2 Å². The van der Waals surface area contributed by atoms with Crippen molar-refractivity contribution in [2.75, 3.05) is 5.32 Å². The number of nitrogens with one attached hydrogen (secondary N) is 2. The number of aliphatic imine (C=N–C) groups is 1. The van der Waals surface area contributed by atoms with Gasteiger partial charge in [0.25, 0.3) is 5.91 Å². The van der Waals surface area contributed by atoms with Crippen LogP contribution >= 0.6 is 11.6 Å². The summed E-state index contributed by atoms with van der Waals surface area (Å²) >= 11 is 5.91. The number of aromatic amines is 1. The molecule has 0 saturated heterocycles. The number of anilines is 2. The number of hydrogen-bond acceptors (Lipinski definition) is 5. The van der Waals surface area contributed by atoms with Gasteiger partial charge in [-0.15, -0.1) is 13.2 Å². The van der Waals surface area contributed by atoms with Crippen molar-refractivity contribution in [1.29, 1.82) is 0 Å². The fraction of sp³-hybridized carbons (Fsp3) is 0.0556. The zero-order valence-corrected chi connectivity index (χ0v) is 15.6. The summed E-state index contributed by atoms with van der Waals surface area (Å²) < 4.78 is 54.0.